The van der Waals surface area contributed by atoms with Crippen molar-refractivity contribution in [3.8, 4) is 6.07 Å². The maximum absolute atomic E-state index is 12.2. The van der Waals surface area contributed by atoms with Crippen LogP contribution >= 0.6 is 15.9 Å². The van der Waals surface area contributed by atoms with Crippen LogP contribution in [0, 0.1) is 11.3 Å². The number of sulfonamides is 1. The van der Waals surface area contributed by atoms with Crippen LogP contribution in [-0.4, -0.2) is 8.42 Å². The van der Waals surface area contributed by atoms with E-state index in [1.165, 1.54) is 12.1 Å². The minimum Gasteiger partial charge on any atom is -0.207 e. The predicted molar refractivity (Wildman–Crippen MR) is 79.3 cm³/mol. The summed E-state index contributed by atoms with van der Waals surface area (Å²) >= 11 is 3.23. The molecule has 1 N–H and O–H groups in total. The summed E-state index contributed by atoms with van der Waals surface area (Å²) in [5, 5.41) is 9.16. The summed E-state index contributed by atoms with van der Waals surface area (Å²) in [6.45, 7) is 0. The first-order valence-electron chi connectivity index (χ1n) is 5.75. The van der Waals surface area contributed by atoms with Gasteiger partial charge >= 0.3 is 0 Å². The predicted octanol–water partition coefficient (Wildman–Crippen LogP) is 2.99. The van der Waals surface area contributed by atoms with Crippen LogP contribution < -0.4 is 4.72 Å². The fraction of sp³-hybridized carbons (Fsp3) is 0.0714. The summed E-state index contributed by atoms with van der Waals surface area (Å²) in [6.07, 6.45) is 0. The normalized spacial score (nSPS) is 12.6. The van der Waals surface area contributed by atoms with Gasteiger partial charge in [0.2, 0.25) is 10.0 Å². The van der Waals surface area contributed by atoms with E-state index in [9.17, 15) is 8.42 Å². The maximum Gasteiger partial charge on any atom is 0.242 e. The van der Waals surface area contributed by atoms with Gasteiger partial charge in [0, 0.05) is 4.47 Å². The van der Waals surface area contributed by atoms with E-state index in [0.29, 0.717) is 10.0 Å². The largest absolute Gasteiger partial charge is 0.242 e. The van der Waals surface area contributed by atoms with Gasteiger partial charge in [-0.3, -0.25) is 0 Å². The number of nitriles is 1. The highest BCUT2D eigenvalue weighted by molar-refractivity contribution is 9.10. The lowest BCUT2D eigenvalue weighted by molar-refractivity contribution is 0.575. The van der Waals surface area contributed by atoms with Gasteiger partial charge in [-0.1, -0.05) is 52.3 Å². The first-order valence-corrected chi connectivity index (χ1v) is 8.03. The Morgan fingerprint density at radius 3 is 2.40 bits per heavy atom. The average molecular weight is 351 g/mol. The molecule has 0 fully saturated rings. The smallest absolute Gasteiger partial charge is 0.207 e. The van der Waals surface area contributed by atoms with Crippen LogP contribution in [0.25, 0.3) is 0 Å². The highest BCUT2D eigenvalue weighted by Gasteiger charge is 2.21. The summed E-state index contributed by atoms with van der Waals surface area (Å²) in [5.74, 6) is 0. The maximum atomic E-state index is 12.2. The Bertz CT molecular complexity index is 739. The van der Waals surface area contributed by atoms with E-state index in [4.69, 9.17) is 5.26 Å². The Labute approximate surface area is 126 Å². The van der Waals surface area contributed by atoms with Gasteiger partial charge < -0.3 is 0 Å². The van der Waals surface area contributed by atoms with E-state index < -0.39 is 16.1 Å². The molecule has 0 saturated heterocycles. The lowest BCUT2D eigenvalue weighted by atomic mass is 10.1. The lowest BCUT2D eigenvalue weighted by Crippen LogP contribution is -2.27. The second-order valence-corrected chi connectivity index (χ2v) is 6.68. The van der Waals surface area contributed by atoms with Crippen molar-refractivity contribution in [1.29, 1.82) is 5.26 Å². The summed E-state index contributed by atoms with van der Waals surface area (Å²) in [6, 6.07) is 16.1. The number of hydrogen-bond acceptors (Lipinski definition) is 3. The molecule has 6 heteroatoms. The number of nitrogens with one attached hydrogen (secondary N) is 1. The molecule has 0 aromatic heterocycles. The average Bonchev–Trinajstić information content (AvgIpc) is 2.46. The topological polar surface area (TPSA) is 70.0 Å². The molecular formula is C14H11BrN2O2S. The third-order valence-corrected chi connectivity index (χ3v) is 4.56. The van der Waals surface area contributed by atoms with Gasteiger partial charge in [-0.2, -0.15) is 9.98 Å². The van der Waals surface area contributed by atoms with Crippen LogP contribution in [0.2, 0.25) is 0 Å². The number of nitrogens with zero attached hydrogens (tertiary/aromatic N) is 1. The van der Waals surface area contributed by atoms with Crippen molar-refractivity contribution in [2.45, 2.75) is 10.9 Å². The zero-order valence-electron chi connectivity index (χ0n) is 10.3. The fourth-order valence-corrected chi connectivity index (χ4v) is 3.40. The van der Waals surface area contributed by atoms with Crippen molar-refractivity contribution in [3.63, 3.8) is 0 Å². The van der Waals surface area contributed by atoms with Gasteiger partial charge in [0.25, 0.3) is 0 Å². The molecule has 2 aromatic rings. The first kappa shape index (κ1) is 14.7. The van der Waals surface area contributed by atoms with Crippen molar-refractivity contribution in [2.75, 3.05) is 0 Å². The molecular weight excluding hydrogens is 340 g/mol. The molecule has 0 spiro atoms. The zero-order chi connectivity index (χ0) is 14.6. The van der Waals surface area contributed by atoms with Crippen molar-refractivity contribution >= 4 is 26.0 Å². The summed E-state index contributed by atoms with van der Waals surface area (Å²) in [5.41, 5.74) is 0.605. The molecule has 0 heterocycles. The number of halogens is 1. The molecule has 20 heavy (non-hydrogen) atoms. The molecule has 0 aliphatic rings. The zero-order valence-corrected chi connectivity index (χ0v) is 12.7. The van der Waals surface area contributed by atoms with Gasteiger partial charge in [0.05, 0.1) is 11.0 Å². The summed E-state index contributed by atoms with van der Waals surface area (Å²) < 4.78 is 27.5. The molecule has 102 valence electrons. The van der Waals surface area contributed by atoms with Gasteiger partial charge in [-0.25, -0.2) is 8.42 Å². The van der Waals surface area contributed by atoms with Crippen molar-refractivity contribution in [3.05, 3.63) is 64.6 Å². The Hall–Kier alpha value is -1.68. The molecule has 0 aliphatic carbocycles. The Kier molecular flexibility index (Phi) is 4.55. The van der Waals surface area contributed by atoms with Crippen molar-refractivity contribution in [2.24, 2.45) is 0 Å². The summed E-state index contributed by atoms with van der Waals surface area (Å²) in [7, 11) is -3.74. The van der Waals surface area contributed by atoms with E-state index in [0.717, 1.165) is 0 Å². The first-order chi connectivity index (χ1) is 9.53. The monoisotopic (exact) mass is 350 g/mol. The Morgan fingerprint density at radius 2 is 1.80 bits per heavy atom. The van der Waals surface area contributed by atoms with Crippen LogP contribution in [0.15, 0.2) is 64.0 Å². The highest BCUT2D eigenvalue weighted by Crippen LogP contribution is 2.19. The molecule has 1 unspecified atom stereocenters. The standard InChI is InChI=1S/C14H11BrN2O2S/c15-12-7-4-8-13(9-12)20(18,19)17-14(10-16)11-5-2-1-3-6-11/h1-9,14,17H. The van der Waals surface area contributed by atoms with Crippen LogP contribution in [0.3, 0.4) is 0 Å². The lowest BCUT2D eigenvalue weighted by Gasteiger charge is -2.12. The molecule has 0 aliphatic heterocycles. The number of benzene rings is 2. The quantitative estimate of drug-likeness (QED) is 0.921. The molecule has 4 nitrogen and oxygen atoms in total. The van der Waals surface area contributed by atoms with Crippen LogP contribution in [0.1, 0.15) is 11.6 Å². The van der Waals surface area contributed by atoms with Crippen molar-refractivity contribution in [1.82, 2.24) is 4.72 Å². The minimum atomic E-state index is -3.74. The van der Waals surface area contributed by atoms with E-state index in [1.807, 2.05) is 6.07 Å². The molecule has 0 saturated carbocycles. The van der Waals surface area contributed by atoms with E-state index in [2.05, 4.69) is 20.7 Å². The second-order valence-electron chi connectivity index (χ2n) is 4.05. The third-order valence-electron chi connectivity index (χ3n) is 2.64. The molecule has 0 radical (unpaired) electrons. The summed E-state index contributed by atoms with van der Waals surface area (Å²) in [4.78, 5) is 0.114. The van der Waals surface area contributed by atoms with Crippen LogP contribution in [0.4, 0.5) is 0 Å². The highest BCUT2D eigenvalue weighted by atomic mass is 79.9. The molecule has 2 rings (SSSR count). The Morgan fingerprint density at radius 1 is 1.10 bits per heavy atom. The molecule has 2 aromatic carbocycles. The number of rotatable bonds is 4. The van der Waals surface area contributed by atoms with E-state index in [-0.39, 0.29) is 4.90 Å². The molecule has 0 amide bonds. The molecule has 1 atom stereocenters. The van der Waals surface area contributed by atoms with E-state index in [1.54, 1.807) is 42.5 Å². The third kappa shape index (κ3) is 3.45. The van der Waals surface area contributed by atoms with Gasteiger partial charge in [-0.15, -0.1) is 0 Å². The SMILES string of the molecule is N#CC(NS(=O)(=O)c1cccc(Br)c1)c1ccccc1. The fourth-order valence-electron chi connectivity index (χ4n) is 1.67. The van der Waals surface area contributed by atoms with Crippen LogP contribution in [0.5, 0.6) is 0 Å². The number of hydrogen-bond donors (Lipinski definition) is 1. The molecule has 0 bridgehead atoms. The van der Waals surface area contributed by atoms with Crippen LogP contribution in [-0.2, 0) is 10.0 Å². The second kappa shape index (κ2) is 6.18. The van der Waals surface area contributed by atoms with Gasteiger partial charge in [0.15, 0.2) is 0 Å². The minimum absolute atomic E-state index is 0.114. The van der Waals surface area contributed by atoms with Gasteiger partial charge in [-0.05, 0) is 23.8 Å². The Balaban J connectivity index is 2.30. The van der Waals surface area contributed by atoms with Gasteiger partial charge in [0.1, 0.15) is 6.04 Å². The van der Waals surface area contributed by atoms with E-state index >= 15 is 0 Å². The van der Waals surface area contributed by atoms with Crippen molar-refractivity contribution < 1.29 is 8.42 Å².